The molecule has 3 nitrogen and oxygen atoms in total. The number of rotatable bonds is 2. The summed E-state index contributed by atoms with van der Waals surface area (Å²) in [7, 11) is 1.57. The Hall–Kier alpha value is -1.07. The fraction of sp³-hybridized carbons (Fsp3) is 0.100. The molecule has 1 heterocycles. The molecule has 78 valence electrons. The lowest BCUT2D eigenvalue weighted by Gasteiger charge is -2.00. The van der Waals surface area contributed by atoms with Crippen LogP contribution in [-0.2, 0) is 0 Å². The number of carbonyl (C=O) groups is 1. The maximum atomic E-state index is 10.9. The second kappa shape index (κ2) is 3.83. The smallest absolute Gasteiger partial charge is 0.347 e. The van der Waals surface area contributed by atoms with Gasteiger partial charge in [0.05, 0.1) is 11.6 Å². The molecule has 15 heavy (non-hydrogen) atoms. The van der Waals surface area contributed by atoms with Gasteiger partial charge in [0.15, 0.2) is 0 Å². The maximum Gasteiger partial charge on any atom is 0.347 e. The lowest BCUT2D eigenvalue weighted by atomic mass is 10.2. The van der Waals surface area contributed by atoms with Crippen LogP contribution in [0.2, 0.25) is 0 Å². The number of carboxylic acids is 1. The number of hydrogen-bond acceptors (Lipinski definition) is 3. The average molecular weight is 287 g/mol. The van der Waals surface area contributed by atoms with Crippen molar-refractivity contribution < 1.29 is 14.6 Å². The van der Waals surface area contributed by atoms with Gasteiger partial charge in [0.1, 0.15) is 10.6 Å². The Morgan fingerprint density at radius 3 is 2.87 bits per heavy atom. The molecule has 1 N–H and O–H groups in total. The molecule has 0 aliphatic rings. The summed E-state index contributed by atoms with van der Waals surface area (Å²) in [6, 6.07) is 5.53. The van der Waals surface area contributed by atoms with Crippen molar-refractivity contribution >= 4 is 43.3 Å². The minimum Gasteiger partial charge on any atom is -0.496 e. The molecule has 0 bridgehead atoms. The lowest BCUT2D eigenvalue weighted by Crippen LogP contribution is -1.92. The molecule has 2 aromatic rings. The van der Waals surface area contributed by atoms with E-state index in [2.05, 4.69) is 15.9 Å². The molecule has 5 heteroatoms. The molecule has 1 aromatic heterocycles. The third-order valence-corrected chi connectivity index (χ3v) is 4.23. The van der Waals surface area contributed by atoms with Gasteiger partial charge in [-0.15, -0.1) is 11.3 Å². The fourth-order valence-electron chi connectivity index (χ4n) is 1.39. The van der Waals surface area contributed by atoms with Crippen LogP contribution >= 0.6 is 27.3 Å². The Balaban J connectivity index is 2.82. The zero-order valence-corrected chi connectivity index (χ0v) is 10.2. The number of methoxy groups -OCH3 is 1. The quantitative estimate of drug-likeness (QED) is 0.921. The third-order valence-electron chi connectivity index (χ3n) is 2.03. The molecule has 2 rings (SSSR count). The van der Waals surface area contributed by atoms with Crippen molar-refractivity contribution in [2.45, 2.75) is 0 Å². The lowest BCUT2D eigenvalue weighted by molar-refractivity contribution is 0.0701. The van der Waals surface area contributed by atoms with Crippen LogP contribution in [0.15, 0.2) is 22.7 Å². The summed E-state index contributed by atoms with van der Waals surface area (Å²) < 4.78 is 6.68. The molecule has 0 spiro atoms. The number of hydrogen-bond donors (Lipinski definition) is 1. The van der Waals surface area contributed by atoms with Crippen molar-refractivity contribution in [3.8, 4) is 5.75 Å². The van der Waals surface area contributed by atoms with E-state index < -0.39 is 5.97 Å². The zero-order chi connectivity index (χ0) is 11.0. The summed E-state index contributed by atoms with van der Waals surface area (Å²) in [5.74, 6) is -0.242. The van der Waals surface area contributed by atoms with Gasteiger partial charge in [-0.2, -0.15) is 0 Å². The highest BCUT2D eigenvalue weighted by Gasteiger charge is 2.18. The monoisotopic (exact) mass is 286 g/mol. The Morgan fingerprint density at radius 1 is 1.53 bits per heavy atom. The highest BCUT2D eigenvalue weighted by atomic mass is 79.9. The number of ether oxygens (including phenoxy) is 1. The Bertz CT molecular complexity index is 533. The molecule has 0 radical (unpaired) electrons. The van der Waals surface area contributed by atoms with Gasteiger partial charge in [0.25, 0.3) is 0 Å². The summed E-state index contributed by atoms with van der Waals surface area (Å²) in [4.78, 5) is 11.2. The van der Waals surface area contributed by atoms with E-state index in [-0.39, 0.29) is 0 Å². The van der Waals surface area contributed by atoms with E-state index in [4.69, 9.17) is 9.84 Å². The van der Waals surface area contributed by atoms with Crippen molar-refractivity contribution in [1.29, 1.82) is 0 Å². The van der Waals surface area contributed by atoms with Crippen LogP contribution in [0.5, 0.6) is 5.75 Å². The average Bonchev–Trinajstić information content (AvgIpc) is 2.56. The largest absolute Gasteiger partial charge is 0.496 e. The van der Waals surface area contributed by atoms with Crippen LogP contribution in [0.1, 0.15) is 9.67 Å². The van der Waals surface area contributed by atoms with Gasteiger partial charge in [-0.05, 0) is 28.1 Å². The number of thiophene rings is 1. The van der Waals surface area contributed by atoms with Crippen molar-refractivity contribution in [2.24, 2.45) is 0 Å². The number of carboxylic acid groups (broad SMARTS) is 1. The van der Waals surface area contributed by atoms with Gasteiger partial charge in [0, 0.05) is 10.1 Å². The molecule has 0 saturated heterocycles. The molecule has 0 amide bonds. The summed E-state index contributed by atoms with van der Waals surface area (Å²) in [6.07, 6.45) is 0. The Kier molecular flexibility index (Phi) is 2.67. The first-order valence-electron chi connectivity index (χ1n) is 4.13. The second-order valence-corrected chi connectivity index (χ2v) is 4.73. The predicted octanol–water partition coefficient (Wildman–Crippen LogP) is 3.37. The van der Waals surface area contributed by atoms with Gasteiger partial charge in [-0.3, -0.25) is 0 Å². The van der Waals surface area contributed by atoms with E-state index in [1.54, 1.807) is 7.11 Å². The van der Waals surface area contributed by atoms with Crippen LogP contribution in [0, 0.1) is 0 Å². The number of aromatic carboxylic acids is 1. The molecular formula is C10H7BrO3S. The van der Waals surface area contributed by atoms with E-state index in [1.807, 2.05) is 18.2 Å². The van der Waals surface area contributed by atoms with Crippen molar-refractivity contribution in [3.63, 3.8) is 0 Å². The summed E-state index contributed by atoms with van der Waals surface area (Å²) in [6.45, 7) is 0. The van der Waals surface area contributed by atoms with Gasteiger partial charge in [-0.25, -0.2) is 4.79 Å². The van der Waals surface area contributed by atoms with Crippen LogP contribution < -0.4 is 4.74 Å². The van der Waals surface area contributed by atoms with Gasteiger partial charge in [0.2, 0.25) is 0 Å². The van der Waals surface area contributed by atoms with E-state index in [9.17, 15) is 4.79 Å². The van der Waals surface area contributed by atoms with E-state index in [1.165, 1.54) is 11.3 Å². The normalized spacial score (nSPS) is 10.5. The zero-order valence-electron chi connectivity index (χ0n) is 7.78. The number of halogens is 1. The molecule has 0 atom stereocenters. The standard InChI is InChI=1S/C10H7BrO3S/c1-14-5-3-2-4-6-7(5)8(11)9(15-6)10(12)13/h2-4H,1H3,(H,12,13). The Labute approximate surface area is 98.4 Å². The first-order chi connectivity index (χ1) is 7.15. The van der Waals surface area contributed by atoms with E-state index in [0.29, 0.717) is 15.1 Å². The second-order valence-electron chi connectivity index (χ2n) is 2.88. The number of benzene rings is 1. The molecule has 0 saturated carbocycles. The van der Waals surface area contributed by atoms with Crippen LogP contribution in [0.3, 0.4) is 0 Å². The highest BCUT2D eigenvalue weighted by Crippen LogP contribution is 2.40. The topological polar surface area (TPSA) is 46.5 Å². The summed E-state index contributed by atoms with van der Waals surface area (Å²) in [5, 5.41) is 9.79. The van der Waals surface area contributed by atoms with Crippen LogP contribution in [-0.4, -0.2) is 18.2 Å². The molecule has 0 aliphatic heterocycles. The Morgan fingerprint density at radius 2 is 2.27 bits per heavy atom. The molecular weight excluding hydrogens is 280 g/mol. The highest BCUT2D eigenvalue weighted by molar-refractivity contribution is 9.10. The minimum atomic E-state index is -0.926. The van der Waals surface area contributed by atoms with Gasteiger partial charge >= 0.3 is 5.97 Å². The minimum absolute atomic E-state index is 0.300. The summed E-state index contributed by atoms with van der Waals surface area (Å²) in [5.41, 5.74) is 0. The number of fused-ring (bicyclic) bond motifs is 1. The van der Waals surface area contributed by atoms with Crippen LogP contribution in [0.25, 0.3) is 10.1 Å². The van der Waals surface area contributed by atoms with Crippen LogP contribution in [0.4, 0.5) is 0 Å². The van der Waals surface area contributed by atoms with Crippen molar-refractivity contribution in [3.05, 3.63) is 27.5 Å². The molecule has 0 aliphatic carbocycles. The van der Waals surface area contributed by atoms with E-state index >= 15 is 0 Å². The molecule has 0 unspecified atom stereocenters. The molecule has 0 fully saturated rings. The van der Waals surface area contributed by atoms with Crippen molar-refractivity contribution in [2.75, 3.05) is 7.11 Å². The predicted molar refractivity (Wildman–Crippen MR) is 63.0 cm³/mol. The van der Waals surface area contributed by atoms with E-state index in [0.717, 1.165) is 10.1 Å². The van der Waals surface area contributed by atoms with Gasteiger partial charge < -0.3 is 9.84 Å². The van der Waals surface area contributed by atoms with Crippen molar-refractivity contribution in [1.82, 2.24) is 0 Å². The first kappa shape index (κ1) is 10.4. The maximum absolute atomic E-state index is 10.9. The fourth-order valence-corrected chi connectivity index (χ4v) is 3.29. The summed E-state index contributed by atoms with van der Waals surface area (Å²) >= 11 is 4.53. The van der Waals surface area contributed by atoms with Gasteiger partial charge in [-0.1, -0.05) is 6.07 Å². The molecule has 1 aromatic carbocycles. The SMILES string of the molecule is COc1cccc2sc(C(=O)O)c(Br)c12. The first-order valence-corrected chi connectivity index (χ1v) is 5.74. The third kappa shape index (κ3) is 1.61.